The summed E-state index contributed by atoms with van der Waals surface area (Å²) in [4.78, 5) is 11.2. The molecule has 0 radical (unpaired) electrons. The molecular formula is C9H14O2. The predicted octanol–water partition coefficient (Wildman–Crippen LogP) is 1.74. The molecular weight excluding hydrogens is 140 g/mol. The number of cyclic esters (lactones) is 1. The SMILES string of the molecule is CC12CCCCC1C(=O)OC2. The molecule has 2 unspecified atom stereocenters. The fourth-order valence-electron chi connectivity index (χ4n) is 2.31. The van der Waals surface area contributed by atoms with Gasteiger partial charge in [0.05, 0.1) is 12.5 Å². The zero-order chi connectivity index (χ0) is 7.90. The van der Waals surface area contributed by atoms with Crippen LogP contribution in [0.2, 0.25) is 0 Å². The van der Waals surface area contributed by atoms with Crippen LogP contribution < -0.4 is 0 Å². The van der Waals surface area contributed by atoms with Crippen molar-refractivity contribution in [1.29, 1.82) is 0 Å². The van der Waals surface area contributed by atoms with E-state index in [0.717, 1.165) is 6.42 Å². The number of ether oxygens (including phenoxy) is 1. The fourth-order valence-corrected chi connectivity index (χ4v) is 2.31. The number of carbonyl (C=O) groups is 1. The molecule has 0 amide bonds. The first-order valence-electron chi connectivity index (χ1n) is 4.39. The molecule has 0 aromatic carbocycles. The highest BCUT2D eigenvalue weighted by Crippen LogP contribution is 2.45. The average molecular weight is 154 g/mol. The summed E-state index contributed by atoms with van der Waals surface area (Å²) in [5.74, 6) is 0.267. The quantitative estimate of drug-likeness (QED) is 0.497. The molecule has 1 aliphatic carbocycles. The molecule has 2 rings (SSSR count). The van der Waals surface area contributed by atoms with Gasteiger partial charge in [0.25, 0.3) is 0 Å². The van der Waals surface area contributed by atoms with Gasteiger partial charge in [-0.2, -0.15) is 0 Å². The van der Waals surface area contributed by atoms with E-state index in [1.807, 2.05) is 0 Å². The van der Waals surface area contributed by atoms with Gasteiger partial charge in [0.2, 0.25) is 0 Å². The Kier molecular flexibility index (Phi) is 1.44. The van der Waals surface area contributed by atoms with Crippen LogP contribution in [0.4, 0.5) is 0 Å². The Balaban J connectivity index is 2.21. The van der Waals surface area contributed by atoms with E-state index in [1.54, 1.807) is 0 Å². The van der Waals surface area contributed by atoms with E-state index in [9.17, 15) is 4.79 Å². The van der Waals surface area contributed by atoms with Crippen LogP contribution in [0.5, 0.6) is 0 Å². The van der Waals surface area contributed by atoms with Crippen molar-refractivity contribution in [2.75, 3.05) is 6.61 Å². The lowest BCUT2D eigenvalue weighted by atomic mass is 9.70. The van der Waals surface area contributed by atoms with Gasteiger partial charge in [0.15, 0.2) is 0 Å². The van der Waals surface area contributed by atoms with Crippen LogP contribution in [-0.4, -0.2) is 12.6 Å². The molecule has 2 heteroatoms. The molecule has 2 fully saturated rings. The summed E-state index contributed by atoms with van der Waals surface area (Å²) in [5, 5.41) is 0. The van der Waals surface area contributed by atoms with E-state index in [1.165, 1.54) is 19.3 Å². The molecule has 2 atom stereocenters. The highest BCUT2D eigenvalue weighted by molar-refractivity contribution is 5.75. The van der Waals surface area contributed by atoms with E-state index in [0.29, 0.717) is 6.61 Å². The largest absolute Gasteiger partial charge is 0.465 e. The molecule has 0 aromatic rings. The molecule has 1 heterocycles. The van der Waals surface area contributed by atoms with Crippen LogP contribution in [0, 0.1) is 11.3 Å². The third-order valence-corrected chi connectivity index (χ3v) is 3.16. The normalized spacial score (nSPS) is 43.4. The Bertz CT molecular complexity index is 188. The number of hydrogen-bond donors (Lipinski definition) is 0. The van der Waals surface area contributed by atoms with E-state index in [4.69, 9.17) is 4.74 Å². The van der Waals surface area contributed by atoms with Gasteiger partial charge in [0.1, 0.15) is 0 Å². The maximum atomic E-state index is 11.2. The van der Waals surface area contributed by atoms with Crippen LogP contribution in [0.3, 0.4) is 0 Å². The van der Waals surface area contributed by atoms with Crippen molar-refractivity contribution in [3.63, 3.8) is 0 Å². The molecule has 2 aliphatic rings. The van der Waals surface area contributed by atoms with Crippen molar-refractivity contribution in [2.24, 2.45) is 11.3 Å². The average Bonchev–Trinajstić information content (AvgIpc) is 2.29. The Morgan fingerprint density at radius 1 is 1.55 bits per heavy atom. The summed E-state index contributed by atoms with van der Waals surface area (Å²) < 4.78 is 5.06. The van der Waals surface area contributed by atoms with Crippen LogP contribution >= 0.6 is 0 Å². The molecule has 11 heavy (non-hydrogen) atoms. The van der Waals surface area contributed by atoms with Gasteiger partial charge in [-0.25, -0.2) is 0 Å². The Morgan fingerprint density at radius 3 is 3.09 bits per heavy atom. The fraction of sp³-hybridized carbons (Fsp3) is 0.889. The molecule has 2 nitrogen and oxygen atoms in total. The van der Waals surface area contributed by atoms with Crippen molar-refractivity contribution >= 4 is 5.97 Å². The molecule has 0 bridgehead atoms. The van der Waals surface area contributed by atoms with Crippen LogP contribution in [0.1, 0.15) is 32.6 Å². The molecule has 0 spiro atoms. The molecule has 1 saturated heterocycles. The second kappa shape index (κ2) is 2.23. The van der Waals surface area contributed by atoms with Gasteiger partial charge in [-0.05, 0) is 12.8 Å². The molecule has 0 aromatic heterocycles. The molecule has 62 valence electrons. The topological polar surface area (TPSA) is 26.3 Å². The van der Waals surface area contributed by atoms with Gasteiger partial charge >= 0.3 is 5.97 Å². The second-order valence-corrected chi connectivity index (χ2v) is 4.06. The van der Waals surface area contributed by atoms with E-state index < -0.39 is 0 Å². The maximum Gasteiger partial charge on any atom is 0.309 e. The van der Waals surface area contributed by atoms with Crippen molar-refractivity contribution in [3.8, 4) is 0 Å². The first-order valence-corrected chi connectivity index (χ1v) is 4.39. The smallest absolute Gasteiger partial charge is 0.309 e. The molecule has 1 saturated carbocycles. The van der Waals surface area contributed by atoms with Gasteiger partial charge in [-0.15, -0.1) is 0 Å². The summed E-state index contributed by atoms with van der Waals surface area (Å²) >= 11 is 0. The van der Waals surface area contributed by atoms with Gasteiger partial charge in [-0.3, -0.25) is 4.79 Å². The zero-order valence-electron chi connectivity index (χ0n) is 6.93. The van der Waals surface area contributed by atoms with Crippen molar-refractivity contribution in [2.45, 2.75) is 32.6 Å². The highest BCUT2D eigenvalue weighted by atomic mass is 16.5. The highest BCUT2D eigenvalue weighted by Gasteiger charge is 2.47. The summed E-state index contributed by atoms with van der Waals surface area (Å²) in [6, 6.07) is 0. The van der Waals surface area contributed by atoms with Crippen LogP contribution in [-0.2, 0) is 9.53 Å². The minimum Gasteiger partial charge on any atom is -0.465 e. The van der Waals surface area contributed by atoms with Crippen molar-refractivity contribution in [1.82, 2.24) is 0 Å². The van der Waals surface area contributed by atoms with Crippen LogP contribution in [0.25, 0.3) is 0 Å². The number of carbonyl (C=O) groups excluding carboxylic acids is 1. The minimum absolute atomic E-state index is 0.0483. The van der Waals surface area contributed by atoms with E-state index in [2.05, 4.69) is 6.92 Å². The lowest BCUT2D eigenvalue weighted by molar-refractivity contribution is -0.141. The number of hydrogen-bond acceptors (Lipinski definition) is 2. The van der Waals surface area contributed by atoms with Gasteiger partial charge in [-0.1, -0.05) is 19.8 Å². The second-order valence-electron chi connectivity index (χ2n) is 4.06. The van der Waals surface area contributed by atoms with Crippen LogP contribution in [0.15, 0.2) is 0 Å². The summed E-state index contributed by atoms with van der Waals surface area (Å²) in [7, 11) is 0. The van der Waals surface area contributed by atoms with E-state index in [-0.39, 0.29) is 17.3 Å². The van der Waals surface area contributed by atoms with Gasteiger partial charge in [0, 0.05) is 5.41 Å². The minimum atomic E-state index is 0.0483. The standard InChI is InChI=1S/C9H14O2/c1-9-5-3-2-4-7(9)8(10)11-6-9/h7H,2-6H2,1H3. The summed E-state index contributed by atoms with van der Waals surface area (Å²) in [5.41, 5.74) is 0.190. The summed E-state index contributed by atoms with van der Waals surface area (Å²) in [6.07, 6.45) is 4.69. The Morgan fingerprint density at radius 2 is 2.36 bits per heavy atom. The monoisotopic (exact) mass is 154 g/mol. The first-order chi connectivity index (χ1) is 5.22. The van der Waals surface area contributed by atoms with Crippen molar-refractivity contribution in [3.05, 3.63) is 0 Å². The number of rotatable bonds is 0. The predicted molar refractivity (Wildman–Crippen MR) is 41.0 cm³/mol. The Labute approximate surface area is 66.9 Å². The number of fused-ring (bicyclic) bond motifs is 1. The van der Waals surface area contributed by atoms with Gasteiger partial charge < -0.3 is 4.74 Å². The van der Waals surface area contributed by atoms with E-state index >= 15 is 0 Å². The van der Waals surface area contributed by atoms with Crippen molar-refractivity contribution < 1.29 is 9.53 Å². The lowest BCUT2D eigenvalue weighted by Crippen LogP contribution is -2.30. The molecule has 1 aliphatic heterocycles. The number of esters is 1. The molecule has 0 N–H and O–H groups in total. The third kappa shape index (κ3) is 0.959. The lowest BCUT2D eigenvalue weighted by Gasteiger charge is -2.31. The third-order valence-electron chi connectivity index (χ3n) is 3.16. The summed E-state index contributed by atoms with van der Waals surface area (Å²) in [6.45, 7) is 2.85. The maximum absolute atomic E-state index is 11.2. The zero-order valence-corrected chi connectivity index (χ0v) is 6.93. The first kappa shape index (κ1) is 7.14. The Hall–Kier alpha value is -0.530.